The van der Waals surface area contributed by atoms with Crippen molar-refractivity contribution in [3.05, 3.63) is 87.7 Å². The Balaban J connectivity index is 1.89. The quantitative estimate of drug-likeness (QED) is 0.317. The van der Waals surface area contributed by atoms with E-state index in [1.165, 1.54) is 24.3 Å². The van der Waals surface area contributed by atoms with E-state index in [2.05, 4.69) is 20.2 Å². The highest BCUT2D eigenvalue weighted by Crippen LogP contribution is 2.29. The van der Waals surface area contributed by atoms with Crippen molar-refractivity contribution < 1.29 is 13.3 Å². The van der Waals surface area contributed by atoms with Crippen LogP contribution in [0, 0.1) is 10.1 Å². The second-order valence-electron chi connectivity index (χ2n) is 6.10. The minimum Gasteiger partial charge on any atom is -0.280 e. The van der Waals surface area contributed by atoms with Crippen LogP contribution in [-0.4, -0.2) is 24.0 Å². The van der Waals surface area contributed by atoms with Crippen LogP contribution in [0.2, 0.25) is 5.02 Å². The number of benzene rings is 2. The number of nitro benzene ring substituents is 1. The zero-order chi connectivity index (χ0) is 21.7. The molecule has 0 aliphatic heterocycles. The molecule has 0 aliphatic carbocycles. The standard InChI is InChI=1S/C19H16ClN5O4S/c1-13(14-7-9-21-10-8-14)22-23-18-6-5-17(12-19(18)25(26)27)30(28,29)24-16-4-2-3-15(20)11-16/h2-12,23-24H,1H3/b22-13+. The lowest BCUT2D eigenvalue weighted by molar-refractivity contribution is -0.384. The van der Waals surface area contributed by atoms with E-state index in [4.69, 9.17) is 11.6 Å². The second kappa shape index (κ2) is 8.89. The molecule has 11 heteroatoms. The van der Waals surface area contributed by atoms with Crippen LogP contribution in [0.15, 0.2) is 77.0 Å². The van der Waals surface area contributed by atoms with Gasteiger partial charge in [0.25, 0.3) is 15.7 Å². The van der Waals surface area contributed by atoms with E-state index in [1.807, 2.05) is 0 Å². The summed E-state index contributed by atoms with van der Waals surface area (Å²) in [5.74, 6) is 0. The van der Waals surface area contributed by atoms with Crippen molar-refractivity contribution in [2.45, 2.75) is 11.8 Å². The van der Waals surface area contributed by atoms with Crippen molar-refractivity contribution in [1.82, 2.24) is 4.98 Å². The van der Waals surface area contributed by atoms with Gasteiger partial charge < -0.3 is 0 Å². The molecule has 1 heterocycles. The number of sulfonamides is 1. The summed E-state index contributed by atoms with van der Waals surface area (Å²) in [4.78, 5) is 14.5. The molecule has 3 rings (SSSR count). The Morgan fingerprint density at radius 3 is 2.53 bits per heavy atom. The first-order valence-electron chi connectivity index (χ1n) is 8.54. The molecule has 2 aromatic carbocycles. The number of nitrogens with zero attached hydrogens (tertiary/aromatic N) is 3. The summed E-state index contributed by atoms with van der Waals surface area (Å²) in [6, 6.07) is 13.1. The number of hydrazone groups is 1. The fourth-order valence-corrected chi connectivity index (χ4v) is 3.75. The molecule has 3 aromatic rings. The maximum atomic E-state index is 12.6. The summed E-state index contributed by atoms with van der Waals surface area (Å²) in [5, 5.41) is 16.0. The monoisotopic (exact) mass is 445 g/mol. The van der Waals surface area contributed by atoms with Gasteiger partial charge in [0, 0.05) is 29.0 Å². The predicted octanol–water partition coefficient (Wildman–Crippen LogP) is 4.28. The van der Waals surface area contributed by atoms with Gasteiger partial charge in [-0.1, -0.05) is 17.7 Å². The second-order valence-corrected chi connectivity index (χ2v) is 8.22. The summed E-state index contributed by atoms with van der Waals surface area (Å²) in [6.07, 6.45) is 3.20. The Labute approximate surface area is 177 Å². The number of nitro groups is 1. The summed E-state index contributed by atoms with van der Waals surface area (Å²) in [5.41, 5.74) is 3.84. The Hall–Kier alpha value is -3.50. The maximum absolute atomic E-state index is 12.6. The summed E-state index contributed by atoms with van der Waals surface area (Å²) in [7, 11) is -4.06. The number of pyridine rings is 1. The molecule has 154 valence electrons. The molecule has 0 unspecified atom stereocenters. The lowest BCUT2D eigenvalue weighted by Crippen LogP contribution is -2.13. The van der Waals surface area contributed by atoms with Crippen LogP contribution in [0.3, 0.4) is 0 Å². The van der Waals surface area contributed by atoms with E-state index in [0.29, 0.717) is 10.7 Å². The van der Waals surface area contributed by atoms with Gasteiger partial charge >= 0.3 is 0 Å². The topological polar surface area (TPSA) is 127 Å². The van der Waals surface area contributed by atoms with Gasteiger partial charge in [0.2, 0.25) is 0 Å². The lowest BCUT2D eigenvalue weighted by Gasteiger charge is -2.10. The Kier molecular flexibility index (Phi) is 6.28. The Morgan fingerprint density at radius 1 is 1.13 bits per heavy atom. The minimum absolute atomic E-state index is 0.0510. The fourth-order valence-electron chi connectivity index (χ4n) is 2.49. The zero-order valence-corrected chi connectivity index (χ0v) is 17.2. The molecule has 0 fully saturated rings. The van der Waals surface area contributed by atoms with Gasteiger partial charge in [0.05, 0.1) is 21.2 Å². The summed E-state index contributed by atoms with van der Waals surface area (Å²) in [6.45, 7) is 1.72. The number of halogens is 1. The number of rotatable bonds is 7. The largest absolute Gasteiger partial charge is 0.295 e. The number of hydrogen-bond donors (Lipinski definition) is 2. The molecule has 0 atom stereocenters. The first-order chi connectivity index (χ1) is 14.3. The molecule has 0 spiro atoms. The molecule has 2 N–H and O–H groups in total. The highest BCUT2D eigenvalue weighted by molar-refractivity contribution is 7.92. The average Bonchev–Trinajstić information content (AvgIpc) is 2.72. The van der Waals surface area contributed by atoms with Crippen molar-refractivity contribution in [1.29, 1.82) is 0 Å². The summed E-state index contributed by atoms with van der Waals surface area (Å²) < 4.78 is 27.6. The van der Waals surface area contributed by atoms with Crippen LogP contribution in [-0.2, 0) is 10.0 Å². The molecule has 0 amide bonds. The molecule has 0 aliphatic rings. The van der Waals surface area contributed by atoms with Gasteiger partial charge in [-0.2, -0.15) is 5.10 Å². The van der Waals surface area contributed by atoms with E-state index in [1.54, 1.807) is 43.6 Å². The molecular formula is C19H16ClN5O4S. The van der Waals surface area contributed by atoms with E-state index in [9.17, 15) is 18.5 Å². The van der Waals surface area contributed by atoms with Crippen molar-refractivity contribution >= 4 is 44.4 Å². The van der Waals surface area contributed by atoms with Gasteiger partial charge in [0.1, 0.15) is 5.69 Å². The minimum atomic E-state index is -4.06. The third-order valence-corrected chi connectivity index (χ3v) is 5.61. The van der Waals surface area contributed by atoms with E-state index in [0.717, 1.165) is 11.6 Å². The molecule has 0 radical (unpaired) electrons. The average molecular weight is 446 g/mol. The summed E-state index contributed by atoms with van der Waals surface area (Å²) >= 11 is 5.86. The van der Waals surface area contributed by atoms with Gasteiger partial charge in [0.15, 0.2) is 0 Å². The van der Waals surface area contributed by atoms with Gasteiger partial charge in [-0.25, -0.2) is 8.42 Å². The Bertz CT molecular complexity index is 1220. The number of nitrogens with one attached hydrogen (secondary N) is 2. The smallest absolute Gasteiger partial charge is 0.280 e. The van der Waals surface area contributed by atoms with Crippen LogP contribution in [0.1, 0.15) is 12.5 Å². The molecule has 0 saturated heterocycles. The van der Waals surface area contributed by atoms with Crippen LogP contribution < -0.4 is 10.1 Å². The molecule has 9 nitrogen and oxygen atoms in total. The third kappa shape index (κ3) is 5.10. The highest BCUT2D eigenvalue weighted by atomic mass is 35.5. The van der Waals surface area contributed by atoms with E-state index in [-0.39, 0.29) is 16.3 Å². The Morgan fingerprint density at radius 2 is 1.87 bits per heavy atom. The van der Waals surface area contributed by atoms with Crippen molar-refractivity contribution in [2.24, 2.45) is 5.10 Å². The third-order valence-electron chi connectivity index (χ3n) is 4.00. The van der Waals surface area contributed by atoms with Crippen molar-refractivity contribution in [2.75, 3.05) is 10.1 Å². The molecule has 0 bridgehead atoms. The molecule has 1 aromatic heterocycles. The van der Waals surface area contributed by atoms with Crippen LogP contribution in [0.5, 0.6) is 0 Å². The van der Waals surface area contributed by atoms with Crippen molar-refractivity contribution in [3.8, 4) is 0 Å². The van der Waals surface area contributed by atoms with Crippen molar-refractivity contribution in [3.63, 3.8) is 0 Å². The molecular weight excluding hydrogens is 430 g/mol. The molecule has 30 heavy (non-hydrogen) atoms. The molecule has 0 saturated carbocycles. The van der Waals surface area contributed by atoms with Gasteiger partial charge in [-0.15, -0.1) is 0 Å². The van der Waals surface area contributed by atoms with Gasteiger partial charge in [-0.3, -0.25) is 25.2 Å². The van der Waals surface area contributed by atoms with Gasteiger partial charge in [-0.05, 0) is 49.4 Å². The van der Waals surface area contributed by atoms with Crippen LogP contribution in [0.25, 0.3) is 0 Å². The SMILES string of the molecule is C/C(=N\Nc1ccc(S(=O)(=O)Nc2cccc(Cl)c2)cc1[N+](=O)[O-])c1ccncc1. The van der Waals surface area contributed by atoms with Crippen LogP contribution >= 0.6 is 11.6 Å². The van der Waals surface area contributed by atoms with E-state index < -0.39 is 20.6 Å². The first-order valence-corrected chi connectivity index (χ1v) is 10.4. The fraction of sp³-hybridized carbons (Fsp3) is 0.0526. The number of aromatic nitrogens is 1. The van der Waals surface area contributed by atoms with E-state index >= 15 is 0 Å². The number of hydrogen-bond acceptors (Lipinski definition) is 7. The first kappa shape index (κ1) is 21.2. The maximum Gasteiger partial charge on any atom is 0.295 e. The predicted molar refractivity (Wildman–Crippen MR) is 115 cm³/mol. The number of anilines is 2. The highest BCUT2D eigenvalue weighted by Gasteiger charge is 2.21. The normalized spacial score (nSPS) is 11.7. The zero-order valence-electron chi connectivity index (χ0n) is 15.6. The van der Waals surface area contributed by atoms with Crippen LogP contribution in [0.4, 0.5) is 17.1 Å². The lowest BCUT2D eigenvalue weighted by atomic mass is 10.2.